The molecule has 0 aromatic carbocycles. The van der Waals surface area contributed by atoms with Crippen LogP contribution in [0.1, 0.15) is 32.1 Å². The molecule has 102 valence electrons. The van der Waals surface area contributed by atoms with Crippen LogP contribution in [0, 0.1) is 0 Å². The smallest absolute Gasteiger partial charge is 0.315 e. The zero-order valence-electron chi connectivity index (χ0n) is 10.2. The number of amides is 3. The van der Waals surface area contributed by atoms with Gasteiger partial charge in [0.15, 0.2) is 0 Å². The first-order valence-corrected chi connectivity index (χ1v) is 6.11. The molecule has 1 rings (SSSR count). The van der Waals surface area contributed by atoms with Gasteiger partial charge in [0, 0.05) is 32.0 Å². The van der Waals surface area contributed by atoms with Crippen molar-refractivity contribution < 1.29 is 19.5 Å². The molecule has 1 aliphatic rings. The highest BCUT2D eigenvalue weighted by molar-refractivity contribution is 5.78. The van der Waals surface area contributed by atoms with E-state index in [2.05, 4.69) is 16.0 Å². The standard InChI is InChI=1S/C11H19N3O4/c15-9-5-4-8(7-13-9)14-11(18)12-6-2-1-3-10(16)17/h8H,1-7H2,(H,13,15)(H,16,17)(H2,12,14,18). The molecule has 1 atom stereocenters. The highest BCUT2D eigenvalue weighted by Crippen LogP contribution is 2.02. The van der Waals surface area contributed by atoms with Crippen LogP contribution in [-0.2, 0) is 9.59 Å². The van der Waals surface area contributed by atoms with Crippen molar-refractivity contribution in [3.8, 4) is 0 Å². The van der Waals surface area contributed by atoms with Gasteiger partial charge in [-0.1, -0.05) is 0 Å². The topological polar surface area (TPSA) is 108 Å². The van der Waals surface area contributed by atoms with Crippen LogP contribution in [-0.4, -0.2) is 42.1 Å². The Morgan fingerprint density at radius 2 is 2.17 bits per heavy atom. The van der Waals surface area contributed by atoms with E-state index in [1.165, 1.54) is 0 Å². The molecule has 3 amide bonds. The third-order valence-corrected chi connectivity index (χ3v) is 2.70. The Hall–Kier alpha value is -1.79. The van der Waals surface area contributed by atoms with Crippen molar-refractivity contribution in [1.82, 2.24) is 16.0 Å². The van der Waals surface area contributed by atoms with Crippen LogP contribution in [0.3, 0.4) is 0 Å². The second-order valence-electron chi connectivity index (χ2n) is 4.29. The Bertz CT molecular complexity index is 309. The van der Waals surface area contributed by atoms with Crippen molar-refractivity contribution in [3.05, 3.63) is 0 Å². The lowest BCUT2D eigenvalue weighted by atomic mass is 10.1. The number of aliphatic carboxylic acids is 1. The summed E-state index contributed by atoms with van der Waals surface area (Å²) in [6.45, 7) is 0.920. The lowest BCUT2D eigenvalue weighted by Crippen LogP contribution is -2.50. The van der Waals surface area contributed by atoms with Crippen LogP contribution in [0.15, 0.2) is 0 Å². The number of unbranched alkanes of at least 4 members (excludes halogenated alkanes) is 1. The van der Waals surface area contributed by atoms with E-state index in [-0.39, 0.29) is 24.4 Å². The molecule has 7 heteroatoms. The summed E-state index contributed by atoms with van der Waals surface area (Å²) in [6, 6.07) is -0.298. The molecule has 0 bridgehead atoms. The molecule has 1 unspecified atom stereocenters. The molecule has 0 aromatic rings. The van der Waals surface area contributed by atoms with Crippen molar-refractivity contribution in [1.29, 1.82) is 0 Å². The van der Waals surface area contributed by atoms with Gasteiger partial charge < -0.3 is 21.1 Å². The van der Waals surface area contributed by atoms with Gasteiger partial charge in [0.05, 0.1) is 0 Å². The first-order valence-electron chi connectivity index (χ1n) is 6.11. The highest BCUT2D eigenvalue weighted by atomic mass is 16.4. The fourth-order valence-electron chi connectivity index (χ4n) is 1.70. The Labute approximate surface area is 105 Å². The SMILES string of the molecule is O=C(O)CCCCNC(=O)NC1CCC(=O)NC1. The number of carbonyl (C=O) groups excluding carboxylic acids is 2. The first-order chi connectivity index (χ1) is 8.58. The van der Waals surface area contributed by atoms with Crippen molar-refractivity contribution in [2.24, 2.45) is 0 Å². The molecule has 18 heavy (non-hydrogen) atoms. The Morgan fingerprint density at radius 3 is 2.78 bits per heavy atom. The number of carboxylic acid groups (broad SMARTS) is 1. The summed E-state index contributed by atoms with van der Waals surface area (Å²) in [5.74, 6) is -0.806. The monoisotopic (exact) mass is 257 g/mol. The van der Waals surface area contributed by atoms with Crippen LogP contribution in [0.2, 0.25) is 0 Å². The summed E-state index contributed by atoms with van der Waals surface area (Å²) in [5, 5.41) is 16.5. The molecular weight excluding hydrogens is 238 g/mol. The number of piperidine rings is 1. The fourth-order valence-corrected chi connectivity index (χ4v) is 1.70. The second-order valence-corrected chi connectivity index (χ2v) is 4.29. The van der Waals surface area contributed by atoms with Crippen LogP contribution in [0.5, 0.6) is 0 Å². The molecule has 7 nitrogen and oxygen atoms in total. The molecule has 1 aliphatic heterocycles. The van der Waals surface area contributed by atoms with Crippen molar-refractivity contribution in [2.45, 2.75) is 38.1 Å². The van der Waals surface area contributed by atoms with E-state index >= 15 is 0 Å². The number of hydrogen-bond donors (Lipinski definition) is 4. The predicted octanol–water partition coefficient (Wildman–Crippen LogP) is -0.181. The van der Waals surface area contributed by atoms with Gasteiger partial charge in [0.25, 0.3) is 0 Å². The molecule has 0 radical (unpaired) electrons. The van der Waals surface area contributed by atoms with Gasteiger partial charge in [-0.05, 0) is 19.3 Å². The summed E-state index contributed by atoms with van der Waals surface area (Å²) in [5.41, 5.74) is 0. The van der Waals surface area contributed by atoms with Gasteiger partial charge >= 0.3 is 12.0 Å². The highest BCUT2D eigenvalue weighted by Gasteiger charge is 2.19. The van der Waals surface area contributed by atoms with Crippen LogP contribution < -0.4 is 16.0 Å². The largest absolute Gasteiger partial charge is 0.481 e. The summed E-state index contributed by atoms with van der Waals surface area (Å²) >= 11 is 0. The van der Waals surface area contributed by atoms with Crippen molar-refractivity contribution >= 4 is 17.9 Å². The van der Waals surface area contributed by atoms with Crippen LogP contribution in [0.4, 0.5) is 4.79 Å². The van der Waals surface area contributed by atoms with Gasteiger partial charge in [-0.15, -0.1) is 0 Å². The molecule has 1 fully saturated rings. The number of carboxylic acids is 1. The lowest BCUT2D eigenvalue weighted by molar-refractivity contribution is -0.137. The van der Waals surface area contributed by atoms with Gasteiger partial charge in [0.1, 0.15) is 0 Å². The second kappa shape index (κ2) is 7.52. The van der Waals surface area contributed by atoms with Gasteiger partial charge in [-0.2, -0.15) is 0 Å². The number of hydrogen-bond acceptors (Lipinski definition) is 3. The minimum Gasteiger partial charge on any atom is -0.481 e. The molecule has 0 spiro atoms. The predicted molar refractivity (Wildman–Crippen MR) is 64.1 cm³/mol. The summed E-state index contributed by atoms with van der Waals surface area (Å²) in [4.78, 5) is 32.6. The Morgan fingerprint density at radius 1 is 1.39 bits per heavy atom. The number of urea groups is 1. The lowest BCUT2D eigenvalue weighted by Gasteiger charge is -2.23. The average molecular weight is 257 g/mol. The van der Waals surface area contributed by atoms with E-state index in [1.54, 1.807) is 0 Å². The number of nitrogens with one attached hydrogen (secondary N) is 3. The zero-order chi connectivity index (χ0) is 13.4. The number of rotatable bonds is 6. The molecule has 1 saturated heterocycles. The van der Waals surface area contributed by atoms with E-state index in [0.717, 1.165) is 0 Å². The molecule has 1 heterocycles. The van der Waals surface area contributed by atoms with E-state index in [0.29, 0.717) is 38.8 Å². The maximum absolute atomic E-state index is 11.4. The van der Waals surface area contributed by atoms with Crippen molar-refractivity contribution in [3.63, 3.8) is 0 Å². The quantitative estimate of drug-likeness (QED) is 0.495. The maximum atomic E-state index is 11.4. The molecule has 0 aromatic heterocycles. The first kappa shape index (κ1) is 14.3. The minimum atomic E-state index is -0.822. The van der Waals surface area contributed by atoms with Crippen molar-refractivity contribution in [2.75, 3.05) is 13.1 Å². The minimum absolute atomic E-state index is 0.0159. The van der Waals surface area contributed by atoms with E-state index in [9.17, 15) is 14.4 Å². The zero-order valence-corrected chi connectivity index (χ0v) is 10.2. The van der Waals surface area contributed by atoms with E-state index < -0.39 is 5.97 Å². The molecular formula is C11H19N3O4. The summed E-state index contributed by atoms with van der Waals surface area (Å²) in [7, 11) is 0. The number of carbonyl (C=O) groups is 3. The van der Waals surface area contributed by atoms with Gasteiger partial charge in [-0.3, -0.25) is 9.59 Å². The Balaban J connectivity index is 2.03. The van der Waals surface area contributed by atoms with Crippen LogP contribution >= 0.6 is 0 Å². The maximum Gasteiger partial charge on any atom is 0.315 e. The summed E-state index contributed by atoms with van der Waals surface area (Å²) in [6.07, 6.45) is 2.40. The summed E-state index contributed by atoms with van der Waals surface area (Å²) < 4.78 is 0. The van der Waals surface area contributed by atoms with E-state index in [1.807, 2.05) is 0 Å². The average Bonchev–Trinajstić information content (AvgIpc) is 2.31. The third-order valence-electron chi connectivity index (χ3n) is 2.70. The third kappa shape index (κ3) is 6.07. The molecule has 0 aliphatic carbocycles. The molecule has 4 N–H and O–H groups in total. The van der Waals surface area contributed by atoms with Gasteiger partial charge in [0.2, 0.25) is 5.91 Å². The molecule has 0 saturated carbocycles. The van der Waals surface area contributed by atoms with Gasteiger partial charge in [-0.25, -0.2) is 4.79 Å². The Kier molecular flexibility index (Phi) is 5.96. The van der Waals surface area contributed by atoms with E-state index in [4.69, 9.17) is 5.11 Å². The van der Waals surface area contributed by atoms with Crippen LogP contribution in [0.25, 0.3) is 0 Å². The normalized spacial score (nSPS) is 18.9. The fraction of sp³-hybridized carbons (Fsp3) is 0.727.